The Morgan fingerprint density at radius 2 is 1.55 bits per heavy atom. The number of aryl methyl sites for hydroxylation is 2. The van der Waals surface area contributed by atoms with E-state index >= 15 is 0 Å². The van der Waals surface area contributed by atoms with E-state index in [0.717, 1.165) is 29.8 Å². The Hall–Kier alpha value is -3.24. The zero-order valence-corrected chi connectivity index (χ0v) is 18.3. The van der Waals surface area contributed by atoms with Crippen LogP contribution in [0.4, 0.5) is 0 Å². The lowest BCUT2D eigenvalue weighted by Crippen LogP contribution is -2.26. The first-order valence-electron chi connectivity index (χ1n) is 11.0. The van der Waals surface area contributed by atoms with Crippen LogP contribution in [0.15, 0.2) is 84.9 Å². The first-order valence-corrected chi connectivity index (χ1v) is 11.0. The molecule has 1 N–H and O–H groups in total. The molecule has 0 amide bonds. The Morgan fingerprint density at radius 1 is 0.839 bits per heavy atom. The molecular formula is C27H30N4. The molecule has 0 saturated carbocycles. The molecule has 1 atom stereocenters. The van der Waals surface area contributed by atoms with Gasteiger partial charge in [0.05, 0.1) is 6.54 Å². The van der Waals surface area contributed by atoms with Gasteiger partial charge < -0.3 is 5.32 Å². The van der Waals surface area contributed by atoms with Crippen molar-refractivity contribution in [2.24, 2.45) is 0 Å². The molecule has 1 aromatic heterocycles. The van der Waals surface area contributed by atoms with Gasteiger partial charge in [0, 0.05) is 18.2 Å². The van der Waals surface area contributed by atoms with E-state index in [1.807, 2.05) is 10.9 Å². The average molecular weight is 411 g/mol. The van der Waals surface area contributed by atoms with Crippen molar-refractivity contribution in [3.8, 4) is 11.3 Å². The number of hydrogen-bond donors (Lipinski definition) is 1. The van der Waals surface area contributed by atoms with E-state index in [1.54, 1.807) is 0 Å². The zero-order valence-electron chi connectivity index (χ0n) is 18.3. The second-order valence-corrected chi connectivity index (χ2v) is 8.19. The monoisotopic (exact) mass is 410 g/mol. The molecule has 1 heterocycles. The fraction of sp³-hybridized carbons (Fsp3) is 0.259. The Balaban J connectivity index is 1.46. The standard InChI is InChI=1S/C27H30N4/c1-21-10-9-13-24(18-21)20-31-29-26(27(30-31)25-14-7-4-8-15-25)19-28-22(2)16-17-23-11-5-3-6-12-23/h3-15,18,22,28H,16-17,19-20H2,1-2H3/t22-/m1/s1. The molecule has 4 aromatic rings. The fourth-order valence-electron chi connectivity index (χ4n) is 3.77. The first kappa shape index (κ1) is 21.0. The van der Waals surface area contributed by atoms with Crippen LogP contribution in [0, 0.1) is 6.92 Å². The Kier molecular flexibility index (Phi) is 6.90. The maximum absolute atomic E-state index is 4.84. The van der Waals surface area contributed by atoms with Crippen molar-refractivity contribution >= 4 is 0 Å². The van der Waals surface area contributed by atoms with Crippen molar-refractivity contribution in [1.29, 1.82) is 0 Å². The molecular weight excluding hydrogens is 380 g/mol. The van der Waals surface area contributed by atoms with Crippen molar-refractivity contribution in [3.63, 3.8) is 0 Å². The molecule has 4 nitrogen and oxygen atoms in total. The van der Waals surface area contributed by atoms with Gasteiger partial charge in [0.2, 0.25) is 0 Å². The minimum Gasteiger partial charge on any atom is -0.309 e. The Bertz CT molecular complexity index is 1090. The highest BCUT2D eigenvalue weighted by molar-refractivity contribution is 5.60. The topological polar surface area (TPSA) is 42.7 Å². The molecule has 0 spiro atoms. The number of rotatable bonds is 9. The van der Waals surface area contributed by atoms with Crippen LogP contribution < -0.4 is 5.32 Å². The van der Waals surface area contributed by atoms with Gasteiger partial charge in [-0.25, -0.2) is 0 Å². The van der Waals surface area contributed by atoms with Crippen molar-refractivity contribution in [3.05, 3.63) is 107 Å². The summed E-state index contributed by atoms with van der Waals surface area (Å²) in [5, 5.41) is 13.3. The lowest BCUT2D eigenvalue weighted by molar-refractivity contribution is 0.503. The molecule has 3 aromatic carbocycles. The predicted octanol–water partition coefficient (Wildman–Crippen LogP) is 5.41. The van der Waals surface area contributed by atoms with Crippen LogP contribution >= 0.6 is 0 Å². The number of benzene rings is 3. The summed E-state index contributed by atoms with van der Waals surface area (Å²) in [5.41, 5.74) is 6.89. The quantitative estimate of drug-likeness (QED) is 0.401. The largest absolute Gasteiger partial charge is 0.309 e. The fourth-order valence-corrected chi connectivity index (χ4v) is 3.77. The highest BCUT2D eigenvalue weighted by Gasteiger charge is 2.14. The number of aromatic nitrogens is 3. The van der Waals surface area contributed by atoms with Gasteiger partial charge in [-0.05, 0) is 37.8 Å². The lowest BCUT2D eigenvalue weighted by Gasteiger charge is -2.13. The van der Waals surface area contributed by atoms with Crippen LogP contribution in [-0.2, 0) is 19.5 Å². The number of nitrogens with one attached hydrogen (secondary N) is 1. The van der Waals surface area contributed by atoms with Gasteiger partial charge in [-0.3, -0.25) is 0 Å². The summed E-state index contributed by atoms with van der Waals surface area (Å²) in [6.07, 6.45) is 2.16. The number of hydrogen-bond acceptors (Lipinski definition) is 3. The Morgan fingerprint density at radius 3 is 2.29 bits per heavy atom. The maximum Gasteiger partial charge on any atom is 0.117 e. The zero-order chi connectivity index (χ0) is 21.5. The van der Waals surface area contributed by atoms with Crippen LogP contribution in [0.2, 0.25) is 0 Å². The number of nitrogens with zero attached hydrogens (tertiary/aromatic N) is 3. The SMILES string of the molecule is Cc1cccc(Cn2nc(CN[C@H](C)CCc3ccccc3)c(-c3ccccc3)n2)c1. The van der Waals surface area contributed by atoms with Gasteiger partial charge in [-0.15, -0.1) is 0 Å². The summed E-state index contributed by atoms with van der Waals surface area (Å²) >= 11 is 0. The van der Waals surface area contributed by atoms with E-state index in [4.69, 9.17) is 10.2 Å². The molecule has 0 aliphatic carbocycles. The van der Waals surface area contributed by atoms with Crippen molar-refractivity contribution in [1.82, 2.24) is 20.3 Å². The second-order valence-electron chi connectivity index (χ2n) is 8.19. The van der Waals surface area contributed by atoms with Crippen molar-refractivity contribution in [2.75, 3.05) is 0 Å². The summed E-state index contributed by atoms with van der Waals surface area (Å²) in [4.78, 5) is 1.82. The molecule has 0 bridgehead atoms. The molecule has 158 valence electrons. The highest BCUT2D eigenvalue weighted by atomic mass is 15.5. The molecule has 0 aliphatic rings. The normalized spacial score (nSPS) is 12.1. The molecule has 0 saturated heterocycles. The van der Waals surface area contributed by atoms with E-state index in [2.05, 4.69) is 98.0 Å². The minimum absolute atomic E-state index is 0.394. The first-order chi connectivity index (χ1) is 15.2. The van der Waals surface area contributed by atoms with Crippen LogP contribution in [0.1, 0.15) is 35.7 Å². The summed E-state index contributed by atoms with van der Waals surface area (Å²) in [6.45, 7) is 5.73. The Labute approximate surface area is 185 Å². The van der Waals surface area contributed by atoms with Crippen LogP contribution in [-0.4, -0.2) is 21.0 Å². The molecule has 31 heavy (non-hydrogen) atoms. The third-order valence-corrected chi connectivity index (χ3v) is 5.51. The third kappa shape index (κ3) is 5.89. The molecule has 0 fully saturated rings. The van der Waals surface area contributed by atoms with E-state index in [0.29, 0.717) is 19.1 Å². The van der Waals surface area contributed by atoms with Crippen molar-refractivity contribution < 1.29 is 0 Å². The molecule has 0 aliphatic heterocycles. The summed E-state index contributed by atoms with van der Waals surface area (Å²) < 4.78 is 0. The van der Waals surface area contributed by atoms with Gasteiger partial charge in [0.15, 0.2) is 0 Å². The summed E-state index contributed by atoms with van der Waals surface area (Å²) in [6, 6.07) is 29.9. The molecule has 0 unspecified atom stereocenters. The smallest absolute Gasteiger partial charge is 0.117 e. The third-order valence-electron chi connectivity index (χ3n) is 5.51. The average Bonchev–Trinajstić information content (AvgIpc) is 3.20. The van der Waals surface area contributed by atoms with Crippen molar-refractivity contribution in [2.45, 2.75) is 45.8 Å². The molecule has 0 radical (unpaired) electrons. The van der Waals surface area contributed by atoms with E-state index < -0.39 is 0 Å². The predicted molar refractivity (Wildman–Crippen MR) is 127 cm³/mol. The van der Waals surface area contributed by atoms with Gasteiger partial charge >= 0.3 is 0 Å². The summed E-state index contributed by atoms with van der Waals surface area (Å²) in [5.74, 6) is 0. The van der Waals surface area contributed by atoms with Crippen LogP contribution in [0.5, 0.6) is 0 Å². The molecule has 4 rings (SSSR count). The maximum atomic E-state index is 4.84. The van der Waals surface area contributed by atoms with E-state index in [1.165, 1.54) is 16.7 Å². The van der Waals surface area contributed by atoms with Gasteiger partial charge in [-0.1, -0.05) is 90.5 Å². The van der Waals surface area contributed by atoms with Gasteiger partial charge in [0.1, 0.15) is 11.4 Å². The van der Waals surface area contributed by atoms with E-state index in [9.17, 15) is 0 Å². The minimum atomic E-state index is 0.394. The second kappa shape index (κ2) is 10.2. The van der Waals surface area contributed by atoms with Crippen LogP contribution in [0.25, 0.3) is 11.3 Å². The van der Waals surface area contributed by atoms with Gasteiger partial charge in [-0.2, -0.15) is 15.0 Å². The molecule has 4 heteroatoms. The highest BCUT2D eigenvalue weighted by Crippen LogP contribution is 2.21. The lowest BCUT2D eigenvalue weighted by atomic mass is 10.1. The summed E-state index contributed by atoms with van der Waals surface area (Å²) in [7, 11) is 0. The van der Waals surface area contributed by atoms with E-state index in [-0.39, 0.29) is 0 Å². The van der Waals surface area contributed by atoms with Crippen LogP contribution in [0.3, 0.4) is 0 Å². The van der Waals surface area contributed by atoms with Gasteiger partial charge in [0.25, 0.3) is 0 Å².